The van der Waals surface area contributed by atoms with Crippen LogP contribution < -0.4 is 0 Å². The van der Waals surface area contributed by atoms with Crippen molar-refractivity contribution in [2.75, 3.05) is 6.54 Å². The van der Waals surface area contributed by atoms with Crippen molar-refractivity contribution in [1.82, 2.24) is 9.88 Å². The van der Waals surface area contributed by atoms with Crippen molar-refractivity contribution in [3.8, 4) is 0 Å². The second-order valence-corrected chi connectivity index (χ2v) is 4.98. The largest absolute Gasteiger partial charge is 0.312 e. The van der Waals surface area contributed by atoms with Gasteiger partial charge in [-0.05, 0) is 19.1 Å². The first-order valence-corrected chi connectivity index (χ1v) is 5.79. The summed E-state index contributed by atoms with van der Waals surface area (Å²) in [7, 11) is 0. The van der Waals surface area contributed by atoms with E-state index in [1.54, 1.807) is 17.3 Å². The van der Waals surface area contributed by atoms with Crippen LogP contribution in [0, 0.1) is 5.41 Å². The molecule has 0 radical (unpaired) electrons. The first-order valence-electron chi connectivity index (χ1n) is 5.79. The molecule has 0 saturated heterocycles. The van der Waals surface area contributed by atoms with Crippen molar-refractivity contribution in [1.29, 1.82) is 0 Å². The maximum absolute atomic E-state index is 12.3. The van der Waals surface area contributed by atoms with Gasteiger partial charge < -0.3 is 4.90 Å². The number of hydrogen-bond acceptors (Lipinski definition) is 2. The molecule has 1 rings (SSSR count). The van der Waals surface area contributed by atoms with Gasteiger partial charge >= 0.3 is 0 Å². The molecule has 0 aliphatic carbocycles. The van der Waals surface area contributed by atoms with Crippen LogP contribution in [0.5, 0.6) is 0 Å². The van der Waals surface area contributed by atoms with Crippen LogP contribution in [0.2, 0.25) is 0 Å². The van der Waals surface area contributed by atoms with Crippen LogP contribution in [-0.2, 0) is 4.79 Å². The SMILES string of the molecule is C=C(c1ccncc1)N(CC)C(=O)C(C)(C)C. The quantitative estimate of drug-likeness (QED) is 0.802. The molecule has 3 heteroatoms. The van der Waals surface area contributed by atoms with E-state index in [1.165, 1.54) is 0 Å². The highest BCUT2D eigenvalue weighted by Crippen LogP contribution is 2.24. The number of nitrogens with zero attached hydrogens (tertiary/aromatic N) is 2. The fourth-order valence-electron chi connectivity index (χ4n) is 1.56. The zero-order valence-electron chi connectivity index (χ0n) is 11.0. The zero-order valence-corrected chi connectivity index (χ0v) is 11.0. The molecule has 3 nitrogen and oxygen atoms in total. The van der Waals surface area contributed by atoms with Gasteiger partial charge in [-0.1, -0.05) is 27.4 Å². The molecule has 0 unspecified atom stereocenters. The summed E-state index contributed by atoms with van der Waals surface area (Å²) in [6.45, 7) is 12.3. The third-order valence-corrected chi connectivity index (χ3v) is 2.54. The summed E-state index contributed by atoms with van der Waals surface area (Å²) in [5, 5.41) is 0. The monoisotopic (exact) mass is 232 g/mol. The molecule has 17 heavy (non-hydrogen) atoms. The van der Waals surface area contributed by atoms with E-state index < -0.39 is 5.41 Å². The molecule has 0 aliphatic heterocycles. The molecule has 0 N–H and O–H groups in total. The minimum atomic E-state index is -0.397. The number of hydrogen-bond donors (Lipinski definition) is 0. The van der Waals surface area contributed by atoms with Crippen LogP contribution in [0.3, 0.4) is 0 Å². The summed E-state index contributed by atoms with van der Waals surface area (Å²) in [5.74, 6) is 0.0850. The molecule has 0 atom stereocenters. The lowest BCUT2D eigenvalue weighted by Gasteiger charge is -2.30. The Hall–Kier alpha value is -1.64. The smallest absolute Gasteiger partial charge is 0.232 e. The van der Waals surface area contributed by atoms with Crippen molar-refractivity contribution >= 4 is 11.6 Å². The molecule has 0 fully saturated rings. The molecule has 1 amide bonds. The standard InChI is InChI=1S/C14H20N2O/c1-6-16(13(17)14(3,4)5)11(2)12-7-9-15-10-8-12/h7-10H,2,6H2,1,3-5H3. The number of carbonyl (C=O) groups excluding carboxylic acids is 1. The van der Waals surface area contributed by atoms with Gasteiger partial charge in [-0.2, -0.15) is 0 Å². The molecular formula is C14H20N2O. The number of aromatic nitrogens is 1. The van der Waals surface area contributed by atoms with Gasteiger partial charge in [-0.25, -0.2) is 0 Å². The zero-order chi connectivity index (χ0) is 13.1. The molecule has 1 aromatic rings. The molecule has 92 valence electrons. The fraction of sp³-hybridized carbons (Fsp3) is 0.429. The van der Waals surface area contributed by atoms with E-state index in [4.69, 9.17) is 0 Å². The van der Waals surface area contributed by atoms with Crippen LogP contribution >= 0.6 is 0 Å². The Morgan fingerprint density at radius 1 is 1.35 bits per heavy atom. The second kappa shape index (κ2) is 5.13. The molecule has 0 aliphatic rings. The summed E-state index contributed by atoms with van der Waals surface area (Å²) in [6.07, 6.45) is 3.41. The summed E-state index contributed by atoms with van der Waals surface area (Å²) < 4.78 is 0. The van der Waals surface area contributed by atoms with Crippen molar-refractivity contribution < 1.29 is 4.79 Å². The number of rotatable bonds is 3. The van der Waals surface area contributed by atoms with Crippen LogP contribution in [0.4, 0.5) is 0 Å². The van der Waals surface area contributed by atoms with Gasteiger partial charge in [0.25, 0.3) is 0 Å². The number of pyridine rings is 1. The Kier molecular flexibility index (Phi) is 4.05. The minimum Gasteiger partial charge on any atom is -0.312 e. The normalized spacial score (nSPS) is 11.1. The number of amides is 1. The van der Waals surface area contributed by atoms with E-state index in [9.17, 15) is 4.79 Å². The summed E-state index contributed by atoms with van der Waals surface area (Å²) in [4.78, 5) is 17.9. The first-order chi connectivity index (χ1) is 7.88. The lowest BCUT2D eigenvalue weighted by molar-refractivity contribution is -0.135. The van der Waals surface area contributed by atoms with Crippen molar-refractivity contribution in [2.24, 2.45) is 5.41 Å². The lowest BCUT2D eigenvalue weighted by Crippen LogP contribution is -2.37. The van der Waals surface area contributed by atoms with Crippen molar-refractivity contribution in [3.63, 3.8) is 0 Å². The Balaban J connectivity index is 2.97. The van der Waals surface area contributed by atoms with E-state index in [1.807, 2.05) is 39.8 Å². The van der Waals surface area contributed by atoms with Crippen LogP contribution in [0.25, 0.3) is 5.70 Å². The molecule has 1 heterocycles. The minimum absolute atomic E-state index is 0.0850. The Morgan fingerprint density at radius 2 is 1.88 bits per heavy atom. The fourth-order valence-corrected chi connectivity index (χ4v) is 1.56. The highest BCUT2D eigenvalue weighted by molar-refractivity contribution is 5.89. The highest BCUT2D eigenvalue weighted by atomic mass is 16.2. The maximum Gasteiger partial charge on any atom is 0.232 e. The Labute approximate surface area is 103 Å². The molecule has 0 spiro atoms. The summed E-state index contributed by atoms with van der Waals surface area (Å²) in [6, 6.07) is 3.72. The third kappa shape index (κ3) is 3.16. The summed E-state index contributed by atoms with van der Waals surface area (Å²) in [5.41, 5.74) is 1.26. The lowest BCUT2D eigenvalue weighted by atomic mass is 9.94. The molecule has 0 aromatic carbocycles. The Bertz CT molecular complexity index is 404. The van der Waals surface area contributed by atoms with Gasteiger partial charge in [0.2, 0.25) is 5.91 Å². The second-order valence-electron chi connectivity index (χ2n) is 4.98. The average Bonchev–Trinajstić information content (AvgIpc) is 2.29. The average molecular weight is 232 g/mol. The molecule has 0 bridgehead atoms. The van der Waals surface area contributed by atoms with Gasteiger partial charge in [0.15, 0.2) is 0 Å². The van der Waals surface area contributed by atoms with E-state index in [2.05, 4.69) is 11.6 Å². The van der Waals surface area contributed by atoms with Crippen molar-refractivity contribution in [3.05, 3.63) is 36.7 Å². The van der Waals surface area contributed by atoms with E-state index in [0.29, 0.717) is 6.54 Å². The van der Waals surface area contributed by atoms with Crippen molar-refractivity contribution in [2.45, 2.75) is 27.7 Å². The Morgan fingerprint density at radius 3 is 2.29 bits per heavy atom. The van der Waals surface area contributed by atoms with E-state index in [0.717, 1.165) is 11.3 Å². The third-order valence-electron chi connectivity index (χ3n) is 2.54. The topological polar surface area (TPSA) is 33.2 Å². The van der Waals surface area contributed by atoms with E-state index >= 15 is 0 Å². The highest BCUT2D eigenvalue weighted by Gasteiger charge is 2.28. The molecular weight excluding hydrogens is 212 g/mol. The maximum atomic E-state index is 12.3. The van der Waals surface area contributed by atoms with Gasteiger partial charge in [0.05, 0.1) is 0 Å². The van der Waals surface area contributed by atoms with Crippen LogP contribution in [0.1, 0.15) is 33.3 Å². The number of carbonyl (C=O) groups is 1. The van der Waals surface area contributed by atoms with Gasteiger partial charge in [0, 0.05) is 35.6 Å². The van der Waals surface area contributed by atoms with Crippen LogP contribution in [0.15, 0.2) is 31.1 Å². The van der Waals surface area contributed by atoms with E-state index in [-0.39, 0.29) is 5.91 Å². The van der Waals surface area contributed by atoms with Gasteiger partial charge in [0.1, 0.15) is 0 Å². The predicted molar refractivity (Wildman–Crippen MR) is 70.1 cm³/mol. The molecule has 1 aromatic heterocycles. The first kappa shape index (κ1) is 13.4. The van der Waals surface area contributed by atoms with Gasteiger partial charge in [-0.3, -0.25) is 9.78 Å². The predicted octanol–water partition coefficient (Wildman–Crippen LogP) is 2.95. The van der Waals surface area contributed by atoms with Gasteiger partial charge in [-0.15, -0.1) is 0 Å². The molecule has 0 saturated carbocycles. The summed E-state index contributed by atoms with van der Waals surface area (Å²) >= 11 is 0. The van der Waals surface area contributed by atoms with Crippen LogP contribution in [-0.4, -0.2) is 22.3 Å².